The Hall–Kier alpha value is -0.820. The Balaban J connectivity index is 3.72. The average Bonchev–Trinajstić information content (AvgIpc) is 2.27. The second-order valence-corrected chi connectivity index (χ2v) is 8.13. The number of ether oxygens (including phenoxy) is 1. The summed E-state index contributed by atoms with van der Waals surface area (Å²) < 4.78 is 6.24. The number of hydrogen-bond acceptors (Lipinski definition) is 1. The molecule has 20 heavy (non-hydrogen) atoms. The van der Waals surface area contributed by atoms with Crippen LogP contribution in [-0.4, -0.2) is 7.11 Å². The monoisotopic (exact) mass is 276 g/mol. The summed E-state index contributed by atoms with van der Waals surface area (Å²) in [6, 6.07) is 8.75. The zero-order chi connectivity index (χ0) is 15.8. The molecule has 0 bridgehead atoms. The van der Waals surface area contributed by atoms with Crippen LogP contribution in [-0.2, 0) is 10.3 Å². The summed E-state index contributed by atoms with van der Waals surface area (Å²) >= 11 is 0. The van der Waals surface area contributed by atoms with Gasteiger partial charge in [-0.15, -0.1) is 0 Å². The second kappa shape index (κ2) is 5.52. The van der Waals surface area contributed by atoms with Crippen LogP contribution in [0.3, 0.4) is 0 Å². The molecule has 0 unspecified atom stereocenters. The lowest BCUT2D eigenvalue weighted by Gasteiger charge is -2.53. The van der Waals surface area contributed by atoms with Gasteiger partial charge >= 0.3 is 0 Å². The van der Waals surface area contributed by atoms with Gasteiger partial charge in [-0.05, 0) is 27.9 Å². The van der Waals surface area contributed by atoms with Crippen molar-refractivity contribution in [2.75, 3.05) is 7.11 Å². The highest BCUT2D eigenvalue weighted by molar-refractivity contribution is 5.38. The Bertz CT molecular complexity index is 430. The molecule has 0 N–H and O–H groups in total. The fourth-order valence-electron chi connectivity index (χ4n) is 3.98. The summed E-state index contributed by atoms with van der Waals surface area (Å²) in [5.41, 5.74) is 2.41. The normalized spacial score (nSPS) is 13.9. The van der Waals surface area contributed by atoms with Crippen LogP contribution in [0.2, 0.25) is 0 Å². The summed E-state index contributed by atoms with van der Waals surface area (Å²) in [5, 5.41) is 0. The molecule has 0 atom stereocenters. The van der Waals surface area contributed by atoms with Crippen LogP contribution in [0.15, 0.2) is 24.3 Å². The van der Waals surface area contributed by atoms with Gasteiger partial charge in [0.1, 0.15) is 5.60 Å². The van der Waals surface area contributed by atoms with Crippen molar-refractivity contribution in [3.8, 4) is 0 Å². The van der Waals surface area contributed by atoms with Gasteiger partial charge in [-0.1, -0.05) is 79.7 Å². The second-order valence-electron chi connectivity index (χ2n) is 8.13. The number of methoxy groups -OCH3 is 1. The molecule has 0 saturated carbocycles. The Morgan fingerprint density at radius 3 is 1.65 bits per heavy atom. The van der Waals surface area contributed by atoms with Gasteiger partial charge in [-0.3, -0.25) is 0 Å². The molecular weight excluding hydrogens is 244 g/mol. The van der Waals surface area contributed by atoms with Gasteiger partial charge in [-0.25, -0.2) is 0 Å². The van der Waals surface area contributed by atoms with Crippen molar-refractivity contribution in [1.82, 2.24) is 0 Å². The van der Waals surface area contributed by atoms with Crippen LogP contribution in [0.4, 0.5) is 0 Å². The highest BCUT2D eigenvalue weighted by Gasteiger charge is 2.53. The third kappa shape index (κ3) is 2.65. The van der Waals surface area contributed by atoms with Crippen molar-refractivity contribution < 1.29 is 4.74 Å². The van der Waals surface area contributed by atoms with Crippen molar-refractivity contribution in [2.24, 2.45) is 10.8 Å². The maximum atomic E-state index is 6.24. The Labute approximate surface area is 125 Å². The molecule has 0 spiro atoms. The smallest absolute Gasteiger partial charge is 0.103 e. The van der Waals surface area contributed by atoms with Crippen LogP contribution in [0.5, 0.6) is 0 Å². The van der Waals surface area contributed by atoms with E-state index >= 15 is 0 Å². The first-order valence-corrected chi connectivity index (χ1v) is 7.63. The minimum Gasteiger partial charge on any atom is -0.372 e. The highest BCUT2D eigenvalue weighted by Crippen LogP contribution is 2.55. The standard InChI is InChI=1S/C19H32O/c1-14(2)15-12-10-11-13-16(15)19(20-9,17(3,4)5)18(6,7)8/h10-14H,1-9H3. The Kier molecular flexibility index (Phi) is 4.76. The van der Waals surface area contributed by atoms with E-state index < -0.39 is 0 Å². The molecule has 0 fully saturated rings. The summed E-state index contributed by atoms with van der Waals surface area (Å²) in [6.45, 7) is 18.2. The molecule has 0 heterocycles. The van der Waals surface area contributed by atoms with Gasteiger partial charge in [0.15, 0.2) is 0 Å². The summed E-state index contributed by atoms with van der Waals surface area (Å²) in [6.07, 6.45) is 0. The van der Waals surface area contributed by atoms with Crippen molar-refractivity contribution in [1.29, 1.82) is 0 Å². The van der Waals surface area contributed by atoms with E-state index in [0.29, 0.717) is 5.92 Å². The molecule has 1 heteroatoms. The number of hydrogen-bond donors (Lipinski definition) is 0. The zero-order valence-electron chi connectivity index (χ0n) is 14.8. The largest absolute Gasteiger partial charge is 0.372 e. The maximum absolute atomic E-state index is 6.24. The molecule has 0 aromatic heterocycles. The lowest BCUT2D eigenvalue weighted by Crippen LogP contribution is -2.52. The molecule has 0 aliphatic carbocycles. The van der Waals surface area contributed by atoms with E-state index in [1.54, 1.807) is 0 Å². The fourth-order valence-corrected chi connectivity index (χ4v) is 3.98. The molecule has 0 aliphatic rings. The van der Waals surface area contributed by atoms with E-state index in [1.165, 1.54) is 11.1 Å². The highest BCUT2D eigenvalue weighted by atomic mass is 16.5. The van der Waals surface area contributed by atoms with Crippen molar-refractivity contribution in [2.45, 2.75) is 66.9 Å². The van der Waals surface area contributed by atoms with Gasteiger partial charge in [0.25, 0.3) is 0 Å². The first-order valence-electron chi connectivity index (χ1n) is 7.63. The van der Waals surface area contributed by atoms with Crippen molar-refractivity contribution >= 4 is 0 Å². The van der Waals surface area contributed by atoms with Gasteiger partial charge in [0.05, 0.1) is 0 Å². The summed E-state index contributed by atoms with van der Waals surface area (Å²) in [5.74, 6) is 0.491. The maximum Gasteiger partial charge on any atom is 0.103 e. The van der Waals surface area contributed by atoms with Crippen molar-refractivity contribution in [3.63, 3.8) is 0 Å². The van der Waals surface area contributed by atoms with E-state index in [4.69, 9.17) is 4.74 Å². The van der Waals surface area contributed by atoms with Crippen LogP contribution in [0, 0.1) is 10.8 Å². The molecule has 1 aromatic carbocycles. The third-order valence-corrected chi connectivity index (χ3v) is 4.38. The first-order chi connectivity index (χ1) is 8.99. The molecule has 1 aromatic rings. The minimum absolute atomic E-state index is 0.00495. The molecule has 0 radical (unpaired) electrons. The number of rotatable bonds is 3. The molecule has 1 rings (SSSR count). The molecule has 114 valence electrons. The van der Waals surface area contributed by atoms with E-state index in [9.17, 15) is 0 Å². The lowest BCUT2D eigenvalue weighted by atomic mass is 9.58. The van der Waals surface area contributed by atoms with Gasteiger partial charge in [0.2, 0.25) is 0 Å². The fraction of sp³-hybridized carbons (Fsp3) is 0.684. The molecule has 1 nitrogen and oxygen atoms in total. The lowest BCUT2D eigenvalue weighted by molar-refractivity contribution is -0.171. The Morgan fingerprint density at radius 1 is 0.850 bits per heavy atom. The third-order valence-electron chi connectivity index (χ3n) is 4.38. The Morgan fingerprint density at radius 2 is 1.30 bits per heavy atom. The predicted molar refractivity (Wildman–Crippen MR) is 88.1 cm³/mol. The zero-order valence-corrected chi connectivity index (χ0v) is 14.8. The minimum atomic E-state index is -0.319. The van der Waals surface area contributed by atoms with E-state index in [0.717, 1.165) is 0 Å². The average molecular weight is 276 g/mol. The summed E-state index contributed by atoms with van der Waals surface area (Å²) in [4.78, 5) is 0. The van der Waals surface area contributed by atoms with E-state index in [-0.39, 0.29) is 16.4 Å². The van der Waals surface area contributed by atoms with Gasteiger partial charge < -0.3 is 4.74 Å². The van der Waals surface area contributed by atoms with Crippen LogP contribution in [0.25, 0.3) is 0 Å². The molecule has 0 saturated heterocycles. The summed E-state index contributed by atoms with van der Waals surface area (Å²) in [7, 11) is 1.85. The van der Waals surface area contributed by atoms with Crippen LogP contribution < -0.4 is 0 Å². The van der Waals surface area contributed by atoms with E-state index in [2.05, 4.69) is 79.7 Å². The molecule has 0 amide bonds. The predicted octanol–water partition coefficient (Wildman–Crippen LogP) is 5.74. The van der Waals surface area contributed by atoms with Gasteiger partial charge in [-0.2, -0.15) is 0 Å². The molecule has 0 aliphatic heterocycles. The van der Waals surface area contributed by atoms with E-state index in [1.807, 2.05) is 7.11 Å². The number of benzene rings is 1. The first kappa shape index (κ1) is 17.2. The SMILES string of the molecule is COC(c1ccccc1C(C)C)(C(C)(C)C)C(C)(C)C. The molecular formula is C19H32O. The van der Waals surface area contributed by atoms with Crippen LogP contribution in [0.1, 0.15) is 72.4 Å². The van der Waals surface area contributed by atoms with Crippen molar-refractivity contribution in [3.05, 3.63) is 35.4 Å². The van der Waals surface area contributed by atoms with Crippen LogP contribution >= 0.6 is 0 Å². The van der Waals surface area contributed by atoms with Gasteiger partial charge in [0, 0.05) is 7.11 Å². The quantitative estimate of drug-likeness (QED) is 0.683. The topological polar surface area (TPSA) is 9.23 Å².